The fourth-order valence-corrected chi connectivity index (χ4v) is 4.01. The van der Waals surface area contributed by atoms with Gasteiger partial charge in [-0.15, -0.1) is 0 Å². The summed E-state index contributed by atoms with van der Waals surface area (Å²) < 4.78 is 24.9. The topological polar surface area (TPSA) is 73.1 Å². The maximum absolute atomic E-state index is 12.2. The third kappa shape index (κ3) is 2.88. The highest BCUT2D eigenvalue weighted by atomic mass is 79.9. The zero-order valence-corrected chi connectivity index (χ0v) is 11.8. The molecule has 0 unspecified atom stereocenters. The summed E-state index contributed by atoms with van der Waals surface area (Å²) in [5.41, 5.74) is 6.61. The van der Waals surface area contributed by atoms with Gasteiger partial charge in [-0.25, -0.2) is 8.42 Å². The zero-order valence-electron chi connectivity index (χ0n) is 9.38. The number of anilines is 1. The van der Waals surface area contributed by atoms with E-state index in [0.29, 0.717) is 15.9 Å². The molecule has 2 N–H and O–H groups in total. The Balaban J connectivity index is 2.37. The Kier molecular flexibility index (Phi) is 3.68. The van der Waals surface area contributed by atoms with Gasteiger partial charge in [-0.05, 0) is 46.3 Å². The Morgan fingerprint density at radius 1 is 1.22 bits per heavy atom. The van der Waals surface area contributed by atoms with E-state index < -0.39 is 9.84 Å². The van der Waals surface area contributed by atoms with Crippen LogP contribution in [0.15, 0.2) is 52.0 Å². The van der Waals surface area contributed by atoms with Gasteiger partial charge in [0, 0.05) is 16.4 Å². The number of rotatable bonds is 3. The zero-order chi connectivity index (χ0) is 13.2. The Morgan fingerprint density at radius 2 is 2.00 bits per heavy atom. The van der Waals surface area contributed by atoms with Gasteiger partial charge in [0.15, 0.2) is 9.84 Å². The van der Waals surface area contributed by atoms with E-state index in [9.17, 15) is 8.42 Å². The minimum Gasteiger partial charge on any atom is -0.399 e. The van der Waals surface area contributed by atoms with Crippen molar-refractivity contribution in [3.8, 4) is 0 Å². The molecule has 1 heterocycles. The monoisotopic (exact) mass is 326 g/mol. The summed E-state index contributed by atoms with van der Waals surface area (Å²) in [6.07, 6.45) is 1.57. The number of aromatic nitrogens is 1. The van der Waals surface area contributed by atoms with Crippen LogP contribution >= 0.6 is 15.9 Å². The first-order chi connectivity index (χ1) is 8.49. The van der Waals surface area contributed by atoms with Gasteiger partial charge in [0.1, 0.15) is 0 Å². The number of pyridine rings is 1. The normalized spacial score (nSPS) is 11.4. The van der Waals surface area contributed by atoms with Crippen LogP contribution in [-0.2, 0) is 15.6 Å². The fourth-order valence-electron chi connectivity index (χ4n) is 1.53. The third-order valence-electron chi connectivity index (χ3n) is 2.36. The van der Waals surface area contributed by atoms with E-state index in [4.69, 9.17) is 5.73 Å². The molecule has 0 amide bonds. The molecule has 0 fully saturated rings. The van der Waals surface area contributed by atoms with Crippen molar-refractivity contribution in [1.29, 1.82) is 0 Å². The Hall–Kier alpha value is -1.40. The van der Waals surface area contributed by atoms with Crippen molar-refractivity contribution in [2.24, 2.45) is 0 Å². The predicted octanol–water partition coefficient (Wildman–Crippen LogP) is 2.40. The lowest BCUT2D eigenvalue weighted by Gasteiger charge is -2.07. The molecule has 1 aromatic carbocycles. The van der Waals surface area contributed by atoms with Gasteiger partial charge in [0.05, 0.1) is 16.3 Å². The number of nitrogen functional groups attached to an aromatic ring is 1. The number of nitrogens with zero attached hydrogens (tertiary/aromatic N) is 1. The Bertz CT molecular complexity index is 657. The van der Waals surface area contributed by atoms with Gasteiger partial charge < -0.3 is 5.73 Å². The molecule has 0 bridgehead atoms. The molecule has 0 atom stereocenters. The molecule has 6 heteroatoms. The largest absolute Gasteiger partial charge is 0.399 e. The Labute approximate surface area is 114 Å². The van der Waals surface area contributed by atoms with E-state index in [1.54, 1.807) is 36.5 Å². The molecule has 4 nitrogen and oxygen atoms in total. The van der Waals surface area contributed by atoms with Crippen LogP contribution in [-0.4, -0.2) is 13.4 Å². The maximum atomic E-state index is 12.2. The summed E-state index contributed by atoms with van der Waals surface area (Å²) >= 11 is 3.22. The van der Waals surface area contributed by atoms with Gasteiger partial charge in [-0.1, -0.05) is 6.07 Å². The van der Waals surface area contributed by atoms with Crippen LogP contribution in [0.2, 0.25) is 0 Å². The first-order valence-corrected chi connectivity index (χ1v) is 7.61. The number of hydrogen-bond acceptors (Lipinski definition) is 4. The summed E-state index contributed by atoms with van der Waals surface area (Å²) in [5.74, 6) is -0.129. The standard InChI is InChI=1S/C12H11BrN2O2S/c13-11-7-9(14)4-5-12(11)18(16,17)8-10-3-1-2-6-15-10/h1-7H,8,14H2. The van der Waals surface area contributed by atoms with Gasteiger partial charge in [-0.3, -0.25) is 4.98 Å². The molecule has 0 spiro atoms. The lowest BCUT2D eigenvalue weighted by Crippen LogP contribution is -2.07. The molecule has 0 radical (unpaired) electrons. The second-order valence-electron chi connectivity index (χ2n) is 3.77. The maximum Gasteiger partial charge on any atom is 0.185 e. The molecule has 0 aliphatic heterocycles. The number of benzene rings is 1. The molecule has 0 saturated carbocycles. The number of halogens is 1. The van der Waals surface area contributed by atoms with E-state index in [0.717, 1.165) is 0 Å². The average molecular weight is 327 g/mol. The van der Waals surface area contributed by atoms with Crippen LogP contribution in [0.5, 0.6) is 0 Å². The molecular formula is C12H11BrN2O2S. The van der Waals surface area contributed by atoms with Crippen molar-refractivity contribution < 1.29 is 8.42 Å². The second kappa shape index (κ2) is 5.07. The SMILES string of the molecule is Nc1ccc(S(=O)(=O)Cc2ccccn2)c(Br)c1. The van der Waals surface area contributed by atoms with Crippen LogP contribution in [0, 0.1) is 0 Å². The number of sulfone groups is 1. The first-order valence-electron chi connectivity index (χ1n) is 5.17. The van der Waals surface area contributed by atoms with Gasteiger partial charge >= 0.3 is 0 Å². The van der Waals surface area contributed by atoms with Gasteiger partial charge in [0.25, 0.3) is 0 Å². The molecule has 0 aliphatic rings. The summed E-state index contributed by atoms with van der Waals surface area (Å²) in [4.78, 5) is 4.24. The lowest BCUT2D eigenvalue weighted by molar-refractivity contribution is 0.594. The Morgan fingerprint density at radius 3 is 2.61 bits per heavy atom. The van der Waals surface area contributed by atoms with Crippen molar-refractivity contribution in [3.05, 3.63) is 52.8 Å². The second-order valence-corrected chi connectivity index (χ2v) is 6.58. The summed E-state index contributed by atoms with van der Waals surface area (Å²) in [6.45, 7) is 0. The van der Waals surface area contributed by atoms with Crippen LogP contribution in [0.1, 0.15) is 5.69 Å². The molecule has 2 aromatic rings. The summed E-state index contributed by atoms with van der Waals surface area (Å²) in [5, 5.41) is 0. The van der Waals surface area contributed by atoms with Crippen LogP contribution in [0.3, 0.4) is 0 Å². The third-order valence-corrected chi connectivity index (χ3v) is 4.98. The van der Waals surface area contributed by atoms with Crippen LogP contribution < -0.4 is 5.73 Å². The molecule has 0 aliphatic carbocycles. The van der Waals surface area contributed by atoms with E-state index in [-0.39, 0.29) is 10.6 Å². The van der Waals surface area contributed by atoms with Gasteiger partial charge in [-0.2, -0.15) is 0 Å². The highest BCUT2D eigenvalue weighted by Gasteiger charge is 2.19. The van der Waals surface area contributed by atoms with Crippen molar-refractivity contribution in [3.63, 3.8) is 0 Å². The molecule has 1 aromatic heterocycles. The summed E-state index contributed by atoms with van der Waals surface area (Å²) in [7, 11) is -3.43. The molecule has 0 saturated heterocycles. The first kappa shape index (κ1) is 13.0. The van der Waals surface area contributed by atoms with Crippen LogP contribution in [0.4, 0.5) is 5.69 Å². The van der Waals surface area contributed by atoms with E-state index in [1.807, 2.05) is 0 Å². The summed E-state index contributed by atoms with van der Waals surface area (Å²) in [6, 6.07) is 9.83. The number of hydrogen-bond donors (Lipinski definition) is 1. The van der Waals surface area contributed by atoms with Crippen molar-refractivity contribution >= 4 is 31.5 Å². The van der Waals surface area contributed by atoms with E-state index in [1.165, 1.54) is 6.07 Å². The van der Waals surface area contributed by atoms with Crippen molar-refractivity contribution in [2.45, 2.75) is 10.6 Å². The minimum atomic E-state index is -3.43. The fraction of sp³-hybridized carbons (Fsp3) is 0.0833. The van der Waals surface area contributed by atoms with Crippen LogP contribution in [0.25, 0.3) is 0 Å². The average Bonchev–Trinajstić information content (AvgIpc) is 2.29. The predicted molar refractivity (Wildman–Crippen MR) is 73.7 cm³/mol. The molecule has 18 heavy (non-hydrogen) atoms. The smallest absolute Gasteiger partial charge is 0.185 e. The van der Waals surface area contributed by atoms with E-state index >= 15 is 0 Å². The van der Waals surface area contributed by atoms with Crippen molar-refractivity contribution in [2.75, 3.05) is 5.73 Å². The molecule has 94 valence electrons. The highest BCUT2D eigenvalue weighted by Crippen LogP contribution is 2.26. The van der Waals surface area contributed by atoms with Gasteiger partial charge in [0.2, 0.25) is 0 Å². The minimum absolute atomic E-state index is 0.129. The van der Waals surface area contributed by atoms with E-state index in [2.05, 4.69) is 20.9 Å². The molecule has 2 rings (SSSR count). The quantitative estimate of drug-likeness (QED) is 0.879. The highest BCUT2D eigenvalue weighted by molar-refractivity contribution is 9.10. The number of nitrogens with two attached hydrogens (primary N) is 1. The lowest BCUT2D eigenvalue weighted by atomic mass is 10.3. The molecular weight excluding hydrogens is 316 g/mol. The van der Waals surface area contributed by atoms with Crippen molar-refractivity contribution in [1.82, 2.24) is 4.98 Å².